The lowest BCUT2D eigenvalue weighted by atomic mass is 10.1. The molecule has 1 aliphatic carbocycles. The van der Waals surface area contributed by atoms with E-state index in [1.807, 2.05) is 18.9 Å². The molecule has 1 amide bonds. The molecule has 4 nitrogen and oxygen atoms in total. The van der Waals surface area contributed by atoms with Crippen LogP contribution in [0.15, 0.2) is 12.3 Å². The predicted molar refractivity (Wildman–Crippen MR) is 77.8 cm³/mol. The highest BCUT2D eigenvalue weighted by Gasteiger charge is 2.25. The number of anilines is 1. The first-order chi connectivity index (χ1) is 9.13. The number of carbonyl (C=O) groups is 1. The van der Waals surface area contributed by atoms with E-state index in [0.29, 0.717) is 22.4 Å². The Balaban J connectivity index is 2.19. The molecule has 0 aliphatic heterocycles. The summed E-state index contributed by atoms with van der Waals surface area (Å²) in [6.45, 7) is 2.75. The third-order valence-corrected chi connectivity index (χ3v) is 3.94. The lowest BCUT2D eigenvalue weighted by Gasteiger charge is -2.24. The van der Waals surface area contributed by atoms with Crippen LogP contribution >= 0.6 is 11.6 Å². The number of halogens is 1. The molecule has 0 unspecified atom stereocenters. The summed E-state index contributed by atoms with van der Waals surface area (Å²) in [5.74, 6) is 0.675. The van der Waals surface area contributed by atoms with Crippen LogP contribution in [0.1, 0.15) is 43.0 Å². The van der Waals surface area contributed by atoms with Crippen molar-refractivity contribution in [3.05, 3.63) is 22.8 Å². The van der Waals surface area contributed by atoms with Crippen molar-refractivity contribution in [1.82, 2.24) is 9.88 Å². The molecule has 1 saturated carbocycles. The summed E-state index contributed by atoms with van der Waals surface area (Å²) >= 11 is 6.10. The largest absolute Gasteiger partial charge is 0.370 e. The van der Waals surface area contributed by atoms with E-state index in [0.717, 1.165) is 19.4 Å². The van der Waals surface area contributed by atoms with E-state index in [2.05, 4.69) is 10.3 Å². The van der Waals surface area contributed by atoms with Crippen LogP contribution in [-0.2, 0) is 0 Å². The van der Waals surface area contributed by atoms with Crippen molar-refractivity contribution in [3.63, 3.8) is 0 Å². The second kappa shape index (κ2) is 6.24. The third-order valence-electron chi connectivity index (χ3n) is 3.64. The van der Waals surface area contributed by atoms with Gasteiger partial charge in [-0.2, -0.15) is 0 Å². The van der Waals surface area contributed by atoms with Gasteiger partial charge in [0.2, 0.25) is 0 Å². The number of hydrogen-bond acceptors (Lipinski definition) is 3. The van der Waals surface area contributed by atoms with Crippen molar-refractivity contribution in [2.45, 2.75) is 38.6 Å². The van der Waals surface area contributed by atoms with Gasteiger partial charge in [0.1, 0.15) is 5.82 Å². The zero-order valence-corrected chi connectivity index (χ0v) is 12.2. The first-order valence-electron chi connectivity index (χ1n) is 6.80. The maximum Gasteiger partial charge on any atom is 0.255 e. The number of hydrogen-bond donors (Lipinski definition) is 1. The number of carbonyl (C=O) groups excluding carboxylic acids is 1. The first-order valence-corrected chi connectivity index (χ1v) is 7.18. The fourth-order valence-corrected chi connectivity index (χ4v) is 2.71. The number of pyridine rings is 1. The number of amides is 1. The number of nitrogens with zero attached hydrogens (tertiary/aromatic N) is 2. The Bertz CT molecular complexity index is 458. The van der Waals surface area contributed by atoms with Crippen LogP contribution in [-0.4, -0.2) is 35.4 Å². The second-order valence-corrected chi connectivity index (χ2v) is 5.34. The highest BCUT2D eigenvalue weighted by Crippen LogP contribution is 2.26. The molecule has 1 aromatic heterocycles. The standard InChI is InChI=1S/C14H20ClN3O/c1-3-16-13-8-11(12(15)9-17-13)14(19)18(2)10-6-4-5-7-10/h8-10H,3-7H2,1-2H3,(H,16,17). The van der Waals surface area contributed by atoms with Crippen LogP contribution in [0.4, 0.5) is 5.82 Å². The molecule has 1 aromatic rings. The molecule has 1 fully saturated rings. The van der Waals surface area contributed by atoms with Crippen LogP contribution in [0.3, 0.4) is 0 Å². The molecule has 2 rings (SSSR count). The summed E-state index contributed by atoms with van der Waals surface area (Å²) in [6, 6.07) is 2.08. The summed E-state index contributed by atoms with van der Waals surface area (Å²) in [4.78, 5) is 18.5. The average molecular weight is 282 g/mol. The molecule has 1 heterocycles. The molecule has 0 radical (unpaired) electrons. The molecule has 104 valence electrons. The van der Waals surface area contributed by atoms with Crippen molar-refractivity contribution in [3.8, 4) is 0 Å². The predicted octanol–water partition coefficient (Wildman–Crippen LogP) is 3.18. The van der Waals surface area contributed by atoms with Crippen molar-refractivity contribution >= 4 is 23.3 Å². The smallest absolute Gasteiger partial charge is 0.255 e. The van der Waals surface area contributed by atoms with Gasteiger partial charge >= 0.3 is 0 Å². The SMILES string of the molecule is CCNc1cc(C(=O)N(C)C2CCCC2)c(Cl)cn1. The average Bonchev–Trinajstić information content (AvgIpc) is 2.93. The molecular weight excluding hydrogens is 262 g/mol. The van der Waals surface area contributed by atoms with Crippen molar-refractivity contribution in [1.29, 1.82) is 0 Å². The Morgan fingerprint density at radius 1 is 1.53 bits per heavy atom. The molecular formula is C14H20ClN3O. The van der Waals surface area contributed by atoms with E-state index < -0.39 is 0 Å². The van der Waals surface area contributed by atoms with E-state index in [4.69, 9.17) is 11.6 Å². The van der Waals surface area contributed by atoms with Gasteiger partial charge in [0.05, 0.1) is 10.6 Å². The fourth-order valence-electron chi connectivity index (χ4n) is 2.53. The minimum Gasteiger partial charge on any atom is -0.370 e. The first kappa shape index (κ1) is 14.1. The van der Waals surface area contributed by atoms with Gasteiger partial charge < -0.3 is 10.2 Å². The van der Waals surface area contributed by atoms with Crippen LogP contribution in [0.25, 0.3) is 0 Å². The van der Waals surface area contributed by atoms with Gasteiger partial charge in [0.15, 0.2) is 0 Å². The molecule has 5 heteroatoms. The molecule has 0 saturated heterocycles. The topological polar surface area (TPSA) is 45.2 Å². The Morgan fingerprint density at radius 2 is 2.21 bits per heavy atom. The normalized spacial score (nSPS) is 15.5. The van der Waals surface area contributed by atoms with Gasteiger partial charge in [0.25, 0.3) is 5.91 Å². The number of aromatic nitrogens is 1. The number of nitrogens with one attached hydrogen (secondary N) is 1. The summed E-state index contributed by atoms with van der Waals surface area (Å²) in [6.07, 6.45) is 6.12. The quantitative estimate of drug-likeness (QED) is 0.922. The van der Waals surface area contributed by atoms with E-state index >= 15 is 0 Å². The summed E-state index contributed by atoms with van der Waals surface area (Å²) in [7, 11) is 1.86. The Labute approximate surface area is 119 Å². The Kier molecular flexibility index (Phi) is 4.64. The fraction of sp³-hybridized carbons (Fsp3) is 0.571. The molecule has 0 aromatic carbocycles. The minimum atomic E-state index is -0.0153. The van der Waals surface area contributed by atoms with Gasteiger partial charge in [-0.05, 0) is 25.8 Å². The maximum absolute atomic E-state index is 12.5. The van der Waals surface area contributed by atoms with E-state index in [1.165, 1.54) is 19.0 Å². The van der Waals surface area contributed by atoms with Crippen LogP contribution in [0.5, 0.6) is 0 Å². The molecule has 1 N–H and O–H groups in total. The summed E-state index contributed by atoms with van der Waals surface area (Å²) < 4.78 is 0. The highest BCUT2D eigenvalue weighted by atomic mass is 35.5. The lowest BCUT2D eigenvalue weighted by Crippen LogP contribution is -2.35. The maximum atomic E-state index is 12.5. The van der Waals surface area contributed by atoms with Crippen LogP contribution in [0.2, 0.25) is 5.02 Å². The zero-order valence-electron chi connectivity index (χ0n) is 11.4. The molecule has 0 bridgehead atoms. The summed E-state index contributed by atoms with van der Waals surface area (Å²) in [5.41, 5.74) is 0.530. The molecule has 0 atom stereocenters. The third kappa shape index (κ3) is 3.18. The van der Waals surface area contributed by atoms with Gasteiger partial charge in [0, 0.05) is 25.8 Å². The monoisotopic (exact) mass is 281 g/mol. The van der Waals surface area contributed by atoms with Gasteiger partial charge in [-0.25, -0.2) is 4.98 Å². The zero-order chi connectivity index (χ0) is 13.8. The van der Waals surface area contributed by atoms with Gasteiger partial charge in [-0.1, -0.05) is 24.4 Å². The van der Waals surface area contributed by atoms with E-state index in [-0.39, 0.29) is 5.91 Å². The highest BCUT2D eigenvalue weighted by molar-refractivity contribution is 6.33. The van der Waals surface area contributed by atoms with Gasteiger partial charge in [-0.3, -0.25) is 4.79 Å². The van der Waals surface area contributed by atoms with Crippen LogP contribution < -0.4 is 5.32 Å². The Hall–Kier alpha value is -1.29. The minimum absolute atomic E-state index is 0.0153. The van der Waals surface area contributed by atoms with Gasteiger partial charge in [-0.15, -0.1) is 0 Å². The van der Waals surface area contributed by atoms with Crippen molar-refractivity contribution < 1.29 is 4.79 Å². The van der Waals surface area contributed by atoms with E-state index in [1.54, 1.807) is 6.07 Å². The second-order valence-electron chi connectivity index (χ2n) is 4.93. The number of rotatable bonds is 4. The lowest BCUT2D eigenvalue weighted by molar-refractivity contribution is 0.0735. The molecule has 1 aliphatic rings. The van der Waals surface area contributed by atoms with Crippen LogP contribution in [0, 0.1) is 0 Å². The molecule has 19 heavy (non-hydrogen) atoms. The van der Waals surface area contributed by atoms with Crippen molar-refractivity contribution in [2.24, 2.45) is 0 Å². The van der Waals surface area contributed by atoms with E-state index in [9.17, 15) is 4.79 Å². The van der Waals surface area contributed by atoms with Crippen molar-refractivity contribution in [2.75, 3.05) is 18.9 Å². The molecule has 0 spiro atoms. The Morgan fingerprint density at radius 3 is 2.84 bits per heavy atom. The summed E-state index contributed by atoms with van der Waals surface area (Å²) in [5, 5.41) is 3.51.